The van der Waals surface area contributed by atoms with Crippen LogP contribution in [0.4, 0.5) is 4.39 Å². The van der Waals surface area contributed by atoms with E-state index in [1.165, 1.54) is 25.3 Å². The summed E-state index contributed by atoms with van der Waals surface area (Å²) in [6.45, 7) is 5.52. The molecule has 1 N–H and O–H groups in total. The van der Waals surface area contributed by atoms with Gasteiger partial charge in [0.1, 0.15) is 5.82 Å². The van der Waals surface area contributed by atoms with Gasteiger partial charge < -0.3 is 5.32 Å². The van der Waals surface area contributed by atoms with Crippen LogP contribution in [-0.2, 0) is 0 Å². The van der Waals surface area contributed by atoms with Crippen molar-refractivity contribution in [2.75, 3.05) is 6.54 Å². The third-order valence-electron chi connectivity index (χ3n) is 4.00. The first kappa shape index (κ1) is 12.6. The summed E-state index contributed by atoms with van der Waals surface area (Å²) in [5.41, 5.74) is 1.54. The van der Waals surface area contributed by atoms with Gasteiger partial charge in [0.15, 0.2) is 0 Å². The van der Waals surface area contributed by atoms with Crippen molar-refractivity contribution < 1.29 is 4.39 Å². The van der Waals surface area contributed by atoms with Crippen molar-refractivity contribution in [3.63, 3.8) is 0 Å². The van der Waals surface area contributed by atoms with Crippen LogP contribution in [0.2, 0.25) is 0 Å². The third kappa shape index (κ3) is 3.06. The van der Waals surface area contributed by atoms with Gasteiger partial charge in [-0.15, -0.1) is 0 Å². The van der Waals surface area contributed by atoms with Gasteiger partial charge in [0, 0.05) is 12.6 Å². The van der Waals surface area contributed by atoms with Crippen LogP contribution >= 0.6 is 0 Å². The fourth-order valence-electron chi connectivity index (χ4n) is 2.55. The summed E-state index contributed by atoms with van der Waals surface area (Å²) in [5, 5.41) is 3.59. The van der Waals surface area contributed by atoms with Crippen LogP contribution in [-0.4, -0.2) is 6.54 Å². The predicted octanol–water partition coefficient (Wildman–Crippen LogP) is 4.06. The molecule has 1 aliphatic rings. The van der Waals surface area contributed by atoms with E-state index in [1.807, 2.05) is 6.07 Å². The highest BCUT2D eigenvalue weighted by Gasteiger charge is 2.31. The smallest absolute Gasteiger partial charge is 0.123 e. The van der Waals surface area contributed by atoms with Crippen LogP contribution < -0.4 is 5.32 Å². The molecule has 1 nitrogen and oxygen atoms in total. The van der Waals surface area contributed by atoms with Crippen molar-refractivity contribution in [1.29, 1.82) is 0 Å². The number of hydrogen-bond donors (Lipinski definition) is 1. The van der Waals surface area contributed by atoms with Crippen molar-refractivity contribution in [2.45, 2.75) is 45.6 Å². The van der Waals surface area contributed by atoms with E-state index in [0.29, 0.717) is 5.41 Å². The number of rotatable bonds is 5. The SMILES string of the molecule is CCC(NCC1(C)CCC1)c1cccc(F)c1. The molecule has 1 aromatic carbocycles. The number of benzene rings is 1. The Balaban J connectivity index is 1.96. The Hall–Kier alpha value is -0.890. The van der Waals surface area contributed by atoms with E-state index in [0.717, 1.165) is 18.5 Å². The van der Waals surface area contributed by atoms with Gasteiger partial charge >= 0.3 is 0 Å². The van der Waals surface area contributed by atoms with Gasteiger partial charge in [-0.25, -0.2) is 4.39 Å². The molecule has 1 aliphatic carbocycles. The average Bonchev–Trinajstić information content (AvgIpc) is 2.28. The van der Waals surface area contributed by atoms with Gasteiger partial charge in [-0.05, 0) is 42.4 Å². The van der Waals surface area contributed by atoms with Crippen molar-refractivity contribution in [2.24, 2.45) is 5.41 Å². The predicted molar refractivity (Wildman–Crippen MR) is 69.4 cm³/mol. The van der Waals surface area contributed by atoms with Crippen molar-refractivity contribution >= 4 is 0 Å². The van der Waals surface area contributed by atoms with E-state index in [1.54, 1.807) is 12.1 Å². The highest BCUT2D eigenvalue weighted by atomic mass is 19.1. The van der Waals surface area contributed by atoms with Crippen molar-refractivity contribution in [3.8, 4) is 0 Å². The first-order chi connectivity index (χ1) is 8.13. The van der Waals surface area contributed by atoms with E-state index in [2.05, 4.69) is 19.2 Å². The lowest BCUT2D eigenvalue weighted by atomic mass is 9.70. The highest BCUT2D eigenvalue weighted by molar-refractivity contribution is 5.20. The maximum Gasteiger partial charge on any atom is 0.123 e. The van der Waals surface area contributed by atoms with Crippen LogP contribution in [0.1, 0.15) is 51.1 Å². The molecule has 0 aromatic heterocycles. The normalized spacial score (nSPS) is 19.7. The molecule has 0 bridgehead atoms. The Labute approximate surface area is 103 Å². The van der Waals surface area contributed by atoms with E-state index in [-0.39, 0.29) is 11.9 Å². The maximum absolute atomic E-state index is 13.2. The van der Waals surface area contributed by atoms with Crippen LogP contribution in [0.3, 0.4) is 0 Å². The minimum absolute atomic E-state index is 0.141. The molecule has 0 aliphatic heterocycles. The first-order valence-corrected chi connectivity index (χ1v) is 6.62. The molecule has 1 atom stereocenters. The summed E-state index contributed by atoms with van der Waals surface area (Å²) in [5.74, 6) is -0.141. The molecule has 1 saturated carbocycles. The first-order valence-electron chi connectivity index (χ1n) is 6.62. The summed E-state index contributed by atoms with van der Waals surface area (Å²) >= 11 is 0. The van der Waals surface area contributed by atoms with Crippen molar-refractivity contribution in [1.82, 2.24) is 5.32 Å². The fourth-order valence-corrected chi connectivity index (χ4v) is 2.55. The second-order valence-electron chi connectivity index (χ2n) is 5.56. The molecule has 1 unspecified atom stereocenters. The van der Waals surface area contributed by atoms with Gasteiger partial charge in [0.2, 0.25) is 0 Å². The standard InChI is InChI=1S/C15H22FN/c1-3-14(12-6-4-7-13(16)10-12)17-11-15(2)8-5-9-15/h4,6-7,10,14,17H,3,5,8-9,11H2,1-2H3. The monoisotopic (exact) mass is 235 g/mol. The molecular formula is C15H22FN. The third-order valence-corrected chi connectivity index (χ3v) is 4.00. The topological polar surface area (TPSA) is 12.0 Å². The Morgan fingerprint density at radius 3 is 2.71 bits per heavy atom. The minimum Gasteiger partial charge on any atom is -0.309 e. The average molecular weight is 235 g/mol. The fraction of sp³-hybridized carbons (Fsp3) is 0.600. The van der Waals surface area contributed by atoms with Gasteiger partial charge in [-0.1, -0.05) is 32.4 Å². The molecule has 0 heterocycles. The summed E-state index contributed by atoms with van der Waals surface area (Å²) in [7, 11) is 0. The summed E-state index contributed by atoms with van der Waals surface area (Å²) in [4.78, 5) is 0. The lowest BCUT2D eigenvalue weighted by Crippen LogP contribution is -2.38. The Morgan fingerprint density at radius 1 is 1.41 bits per heavy atom. The van der Waals surface area contributed by atoms with Crippen LogP contribution in [0.5, 0.6) is 0 Å². The van der Waals surface area contributed by atoms with Crippen LogP contribution in [0.15, 0.2) is 24.3 Å². The maximum atomic E-state index is 13.2. The summed E-state index contributed by atoms with van der Waals surface area (Å²) in [6.07, 6.45) is 4.99. The van der Waals surface area contributed by atoms with Gasteiger partial charge in [-0.3, -0.25) is 0 Å². The molecule has 0 spiro atoms. The Bertz CT molecular complexity index is 371. The van der Waals surface area contributed by atoms with Gasteiger partial charge in [-0.2, -0.15) is 0 Å². The van der Waals surface area contributed by atoms with Gasteiger partial charge in [0.25, 0.3) is 0 Å². The molecule has 1 fully saturated rings. The molecule has 0 saturated heterocycles. The molecule has 1 aromatic rings. The van der Waals surface area contributed by atoms with E-state index in [9.17, 15) is 4.39 Å². The number of halogens is 1. The highest BCUT2D eigenvalue weighted by Crippen LogP contribution is 2.40. The Morgan fingerprint density at radius 2 is 2.18 bits per heavy atom. The quantitative estimate of drug-likeness (QED) is 0.811. The van der Waals surface area contributed by atoms with Crippen LogP contribution in [0.25, 0.3) is 0 Å². The molecule has 17 heavy (non-hydrogen) atoms. The summed E-state index contributed by atoms with van der Waals surface area (Å²) in [6, 6.07) is 7.23. The van der Waals surface area contributed by atoms with Gasteiger partial charge in [0.05, 0.1) is 0 Å². The molecule has 2 rings (SSSR count). The molecule has 0 amide bonds. The lowest BCUT2D eigenvalue weighted by molar-refractivity contribution is 0.150. The zero-order chi connectivity index (χ0) is 12.3. The number of hydrogen-bond acceptors (Lipinski definition) is 1. The van der Waals surface area contributed by atoms with Crippen molar-refractivity contribution in [3.05, 3.63) is 35.6 Å². The number of nitrogens with one attached hydrogen (secondary N) is 1. The second kappa shape index (κ2) is 5.18. The Kier molecular flexibility index (Phi) is 3.82. The molecular weight excluding hydrogens is 213 g/mol. The summed E-state index contributed by atoms with van der Waals surface area (Å²) < 4.78 is 13.2. The zero-order valence-corrected chi connectivity index (χ0v) is 10.8. The van der Waals surface area contributed by atoms with Crippen LogP contribution in [0, 0.1) is 11.2 Å². The molecule has 94 valence electrons. The second-order valence-corrected chi connectivity index (χ2v) is 5.56. The van der Waals surface area contributed by atoms with E-state index < -0.39 is 0 Å². The molecule has 0 radical (unpaired) electrons. The van der Waals surface area contributed by atoms with E-state index in [4.69, 9.17) is 0 Å². The molecule has 2 heteroatoms. The lowest BCUT2D eigenvalue weighted by Gasteiger charge is -2.39. The largest absolute Gasteiger partial charge is 0.309 e. The minimum atomic E-state index is -0.141. The zero-order valence-electron chi connectivity index (χ0n) is 10.8. The van der Waals surface area contributed by atoms with E-state index >= 15 is 0 Å².